The van der Waals surface area contributed by atoms with E-state index in [0.29, 0.717) is 0 Å². The number of hydrogen-bond acceptors (Lipinski definition) is 0. The molecule has 5 heavy (non-hydrogen) atoms. The van der Waals surface area contributed by atoms with Crippen LogP contribution in [-0.2, 0) is 47.6 Å². The van der Waals surface area contributed by atoms with E-state index >= 15 is 0 Å². The maximum atomic E-state index is 0. The third-order valence-corrected chi connectivity index (χ3v) is 0. The van der Waals surface area contributed by atoms with Gasteiger partial charge in [0.1, 0.15) is 0 Å². The standard InChI is InChI=1S/2Li.O.2Pt/q2*+1;-2;;. The van der Waals surface area contributed by atoms with E-state index in [-0.39, 0.29) is 85.3 Å². The molecule has 0 amide bonds. The van der Waals surface area contributed by atoms with Gasteiger partial charge in [-0.3, -0.25) is 0 Å². The molecule has 0 saturated carbocycles. The Morgan fingerprint density at radius 2 is 0.600 bits per heavy atom. The van der Waals surface area contributed by atoms with E-state index in [1.54, 1.807) is 0 Å². The van der Waals surface area contributed by atoms with Crippen molar-refractivity contribution in [1.82, 2.24) is 0 Å². The Kier molecular flexibility index (Phi) is 313. The molecule has 28 valence electrons. The molecular formula is Li2OPt2. The SMILES string of the molecule is [Li+].[Li+].[O-2].[Pt].[Pt]. The van der Waals surface area contributed by atoms with Crippen LogP contribution in [0.2, 0.25) is 0 Å². The summed E-state index contributed by atoms with van der Waals surface area (Å²) >= 11 is 0. The first-order valence-corrected chi connectivity index (χ1v) is 0. The van der Waals surface area contributed by atoms with E-state index < -0.39 is 0 Å². The van der Waals surface area contributed by atoms with Gasteiger partial charge in [-0.1, -0.05) is 0 Å². The second kappa shape index (κ2) is 31.2. The summed E-state index contributed by atoms with van der Waals surface area (Å²) in [5, 5.41) is 0. The summed E-state index contributed by atoms with van der Waals surface area (Å²) in [7, 11) is 0. The van der Waals surface area contributed by atoms with E-state index in [9.17, 15) is 0 Å². The predicted octanol–water partition coefficient (Wildman–Crippen LogP) is -6.12. The van der Waals surface area contributed by atoms with Crippen LogP contribution in [-0.4, -0.2) is 0 Å². The first kappa shape index (κ1) is 50.1. The van der Waals surface area contributed by atoms with Crippen LogP contribution in [0.15, 0.2) is 0 Å². The fourth-order valence-electron chi connectivity index (χ4n) is 0. The van der Waals surface area contributed by atoms with Gasteiger partial charge in [0.2, 0.25) is 0 Å². The fraction of sp³-hybridized carbons (Fsp3) is 0. The summed E-state index contributed by atoms with van der Waals surface area (Å²) in [5.74, 6) is 0. The zero-order valence-electron chi connectivity index (χ0n) is 3.04. The summed E-state index contributed by atoms with van der Waals surface area (Å²) < 4.78 is 0. The molecule has 0 rings (SSSR count). The topological polar surface area (TPSA) is 28.5 Å². The molecule has 0 bridgehead atoms. The van der Waals surface area contributed by atoms with Crippen molar-refractivity contribution in [1.29, 1.82) is 0 Å². The Balaban J connectivity index is 0. The predicted molar refractivity (Wildman–Crippen MR) is 0.686 cm³/mol. The van der Waals surface area contributed by atoms with Crippen molar-refractivity contribution in [3.63, 3.8) is 0 Å². The molecule has 0 spiro atoms. The van der Waals surface area contributed by atoms with Crippen molar-refractivity contribution in [3.05, 3.63) is 0 Å². The zero-order chi connectivity index (χ0) is 0. The van der Waals surface area contributed by atoms with Crippen LogP contribution in [0, 0.1) is 0 Å². The molecule has 0 atom stereocenters. The van der Waals surface area contributed by atoms with Crippen LogP contribution in [0.25, 0.3) is 0 Å². The molecule has 0 aromatic rings. The van der Waals surface area contributed by atoms with Crippen molar-refractivity contribution < 1.29 is 85.3 Å². The van der Waals surface area contributed by atoms with Gasteiger partial charge in [0.25, 0.3) is 0 Å². The molecular weight excluding hydrogens is 420 g/mol. The van der Waals surface area contributed by atoms with Gasteiger partial charge in [-0.15, -0.1) is 0 Å². The second-order valence-corrected chi connectivity index (χ2v) is 0. The van der Waals surface area contributed by atoms with Crippen molar-refractivity contribution >= 4 is 0 Å². The van der Waals surface area contributed by atoms with Crippen molar-refractivity contribution in [3.8, 4) is 0 Å². The quantitative estimate of drug-likeness (QED) is 0.350. The number of hydrogen-bond donors (Lipinski definition) is 0. The Hall–Kier alpha value is 2.53. The molecule has 0 heterocycles. The monoisotopic (exact) mass is 420 g/mol. The molecule has 0 aliphatic carbocycles. The second-order valence-electron chi connectivity index (χ2n) is 0. The zero-order valence-corrected chi connectivity index (χ0v) is 7.59. The first-order chi connectivity index (χ1) is 0. The molecule has 0 saturated heterocycles. The fourth-order valence-corrected chi connectivity index (χ4v) is 0. The third kappa shape index (κ3) is 20.9. The molecule has 0 N–H and O–H groups in total. The summed E-state index contributed by atoms with van der Waals surface area (Å²) in [6, 6.07) is 0. The van der Waals surface area contributed by atoms with Crippen LogP contribution in [0.4, 0.5) is 0 Å². The van der Waals surface area contributed by atoms with Gasteiger partial charge in [-0.2, -0.15) is 0 Å². The van der Waals surface area contributed by atoms with E-state index in [1.165, 1.54) is 0 Å². The minimum Gasteiger partial charge on any atom is -2.00 e. The molecule has 0 aromatic heterocycles. The molecule has 0 fully saturated rings. The Morgan fingerprint density at radius 1 is 0.600 bits per heavy atom. The van der Waals surface area contributed by atoms with Gasteiger partial charge in [0.15, 0.2) is 0 Å². The average Bonchev–Trinajstić information content (AvgIpc) is 0. The third-order valence-electron chi connectivity index (χ3n) is 0. The molecule has 0 aromatic carbocycles. The van der Waals surface area contributed by atoms with Gasteiger partial charge >= 0.3 is 37.7 Å². The van der Waals surface area contributed by atoms with Gasteiger partial charge in [-0.25, -0.2) is 0 Å². The molecule has 0 aliphatic rings. The van der Waals surface area contributed by atoms with Crippen LogP contribution in [0.5, 0.6) is 0 Å². The van der Waals surface area contributed by atoms with E-state index in [1.807, 2.05) is 0 Å². The summed E-state index contributed by atoms with van der Waals surface area (Å²) in [4.78, 5) is 0. The smallest absolute Gasteiger partial charge is 1.00 e. The van der Waals surface area contributed by atoms with Gasteiger partial charge < -0.3 is 5.48 Å². The minimum atomic E-state index is 0. The van der Waals surface area contributed by atoms with E-state index in [0.717, 1.165) is 0 Å². The Morgan fingerprint density at radius 3 is 0.600 bits per heavy atom. The molecule has 0 radical (unpaired) electrons. The molecule has 0 aliphatic heterocycles. The van der Waals surface area contributed by atoms with E-state index in [4.69, 9.17) is 0 Å². The largest absolute Gasteiger partial charge is 2.00 e. The Labute approximate surface area is 84.2 Å². The number of rotatable bonds is 0. The van der Waals surface area contributed by atoms with Gasteiger partial charge in [-0.05, 0) is 0 Å². The molecule has 0 unspecified atom stereocenters. The van der Waals surface area contributed by atoms with Crippen LogP contribution >= 0.6 is 0 Å². The summed E-state index contributed by atoms with van der Waals surface area (Å²) in [6.07, 6.45) is 0. The average molecular weight is 420 g/mol. The normalized spacial score (nSPS) is 0. The van der Waals surface area contributed by atoms with Crippen LogP contribution in [0.3, 0.4) is 0 Å². The maximum absolute atomic E-state index is 0. The van der Waals surface area contributed by atoms with Gasteiger partial charge in [0.05, 0.1) is 0 Å². The summed E-state index contributed by atoms with van der Waals surface area (Å²) in [5.41, 5.74) is 0. The van der Waals surface area contributed by atoms with E-state index in [2.05, 4.69) is 0 Å². The van der Waals surface area contributed by atoms with Crippen molar-refractivity contribution in [2.45, 2.75) is 0 Å². The van der Waals surface area contributed by atoms with Crippen molar-refractivity contribution in [2.75, 3.05) is 0 Å². The minimum absolute atomic E-state index is 0. The maximum Gasteiger partial charge on any atom is 1.00 e. The van der Waals surface area contributed by atoms with Crippen molar-refractivity contribution in [2.24, 2.45) is 0 Å². The summed E-state index contributed by atoms with van der Waals surface area (Å²) in [6.45, 7) is 0. The molecule has 5 heteroatoms. The Bertz CT molecular complexity index is 7.61. The first-order valence-electron chi connectivity index (χ1n) is 0. The molecule has 1 nitrogen and oxygen atoms in total. The van der Waals surface area contributed by atoms with Gasteiger partial charge in [0, 0.05) is 42.1 Å². The van der Waals surface area contributed by atoms with Crippen LogP contribution in [0.1, 0.15) is 0 Å². The van der Waals surface area contributed by atoms with Crippen LogP contribution < -0.4 is 37.7 Å².